The van der Waals surface area contributed by atoms with Crippen molar-refractivity contribution in [1.29, 1.82) is 0 Å². The van der Waals surface area contributed by atoms with Crippen LogP contribution in [0, 0.1) is 0 Å². The Balaban J connectivity index is 2.07. The van der Waals surface area contributed by atoms with E-state index in [1.165, 1.54) is 14.3 Å². The van der Waals surface area contributed by atoms with Crippen molar-refractivity contribution >= 4 is 31.2 Å². The Bertz CT molecular complexity index is 579. The fourth-order valence-electron chi connectivity index (χ4n) is 1.56. The van der Waals surface area contributed by atoms with Crippen molar-refractivity contribution in [2.45, 2.75) is 11.8 Å². The minimum atomic E-state index is 0.328. The number of thioether (sulfide) groups is 1. The molecule has 21 heavy (non-hydrogen) atoms. The van der Waals surface area contributed by atoms with E-state index in [9.17, 15) is 0 Å². The summed E-state index contributed by atoms with van der Waals surface area (Å²) in [6.45, 7) is 2.69. The van der Waals surface area contributed by atoms with Crippen LogP contribution in [-0.4, -0.2) is 21.6 Å². The first-order chi connectivity index (χ1) is 10.4. The van der Waals surface area contributed by atoms with E-state index in [1.807, 2.05) is 19.1 Å². The molecule has 0 fully saturated rings. The second-order valence-corrected chi connectivity index (χ2v) is 7.25. The summed E-state index contributed by atoms with van der Waals surface area (Å²) < 4.78 is 6.70. The van der Waals surface area contributed by atoms with Gasteiger partial charge < -0.3 is 0 Å². The molecule has 2 aromatic rings. The summed E-state index contributed by atoms with van der Waals surface area (Å²) in [5, 5.41) is 0. The predicted octanol–water partition coefficient (Wildman–Crippen LogP) is 4.20. The van der Waals surface area contributed by atoms with Gasteiger partial charge in [-0.05, 0) is 0 Å². The molecule has 0 aliphatic carbocycles. The number of hydrogen-bond acceptors (Lipinski definition) is 2. The van der Waals surface area contributed by atoms with Gasteiger partial charge in [0, 0.05) is 0 Å². The molecule has 0 aliphatic heterocycles. The Morgan fingerprint density at radius 2 is 1.71 bits per heavy atom. The van der Waals surface area contributed by atoms with Crippen LogP contribution in [-0.2, 0) is 4.74 Å². The van der Waals surface area contributed by atoms with E-state index >= 15 is 0 Å². The SMILES string of the molecule is CCO/C=C/C(=C/[Se]c1ccccc1)Sc1ccccc1. The van der Waals surface area contributed by atoms with Crippen molar-refractivity contribution in [2.24, 2.45) is 0 Å². The summed E-state index contributed by atoms with van der Waals surface area (Å²) in [4.78, 5) is 4.77. The van der Waals surface area contributed by atoms with Gasteiger partial charge in [0.25, 0.3) is 0 Å². The molecule has 0 amide bonds. The average Bonchev–Trinajstić information content (AvgIpc) is 2.54. The molecule has 1 nitrogen and oxygen atoms in total. The van der Waals surface area contributed by atoms with Crippen LogP contribution in [0.15, 0.2) is 87.8 Å². The molecule has 0 unspecified atom stereocenters. The second kappa shape index (κ2) is 9.51. The molecule has 0 saturated carbocycles. The van der Waals surface area contributed by atoms with Crippen LogP contribution in [0.3, 0.4) is 0 Å². The van der Waals surface area contributed by atoms with Crippen LogP contribution in [0.1, 0.15) is 6.92 Å². The summed E-state index contributed by atoms with van der Waals surface area (Å²) in [5.74, 6) is 0. The second-order valence-electron chi connectivity index (χ2n) is 4.12. The van der Waals surface area contributed by atoms with E-state index in [2.05, 4.69) is 59.6 Å². The maximum atomic E-state index is 5.33. The third-order valence-corrected chi connectivity index (χ3v) is 5.78. The number of hydrogen-bond donors (Lipinski definition) is 0. The molecular formula is C18H18OSSe. The van der Waals surface area contributed by atoms with E-state index in [0.29, 0.717) is 21.6 Å². The fourth-order valence-corrected chi connectivity index (χ4v) is 4.20. The molecule has 3 heteroatoms. The van der Waals surface area contributed by atoms with Gasteiger partial charge in [0.15, 0.2) is 0 Å². The first kappa shape index (κ1) is 16.0. The van der Waals surface area contributed by atoms with Crippen molar-refractivity contribution in [3.63, 3.8) is 0 Å². The van der Waals surface area contributed by atoms with E-state index in [4.69, 9.17) is 4.74 Å². The Kier molecular flexibility index (Phi) is 7.23. The van der Waals surface area contributed by atoms with Gasteiger partial charge in [-0.1, -0.05) is 0 Å². The molecule has 0 N–H and O–H groups in total. The Labute approximate surface area is 137 Å². The van der Waals surface area contributed by atoms with Gasteiger partial charge in [-0.3, -0.25) is 0 Å². The molecular weight excluding hydrogens is 343 g/mol. The zero-order chi connectivity index (χ0) is 14.8. The standard InChI is InChI=1S/C18H18OSSe/c1-2-19-14-13-17(20-16-9-5-3-6-10-16)15-21-18-11-7-4-8-12-18/h3-15H,2H2,1H3/b14-13+,17-15-. The predicted molar refractivity (Wildman–Crippen MR) is 93.0 cm³/mol. The van der Waals surface area contributed by atoms with Gasteiger partial charge in [-0.25, -0.2) is 0 Å². The Morgan fingerprint density at radius 3 is 2.38 bits per heavy atom. The van der Waals surface area contributed by atoms with E-state index < -0.39 is 0 Å². The average molecular weight is 361 g/mol. The van der Waals surface area contributed by atoms with Crippen LogP contribution >= 0.6 is 11.8 Å². The molecule has 0 heterocycles. The van der Waals surface area contributed by atoms with Crippen molar-refractivity contribution in [3.05, 3.63) is 82.9 Å². The summed E-state index contributed by atoms with van der Waals surface area (Å²) in [6, 6.07) is 21.0. The third kappa shape index (κ3) is 6.26. The van der Waals surface area contributed by atoms with Crippen molar-refractivity contribution in [2.75, 3.05) is 6.61 Å². The molecule has 0 saturated heterocycles. The molecule has 0 bridgehead atoms. The summed E-state index contributed by atoms with van der Waals surface area (Å²) in [7, 11) is 0. The van der Waals surface area contributed by atoms with E-state index in [1.54, 1.807) is 18.0 Å². The molecule has 0 aliphatic rings. The van der Waals surface area contributed by atoms with E-state index in [0.717, 1.165) is 0 Å². The molecule has 2 aromatic carbocycles. The normalized spacial score (nSPS) is 11.8. The Hall–Kier alpha value is -1.41. The number of benzene rings is 2. The first-order valence-corrected chi connectivity index (χ1v) is 9.47. The van der Waals surface area contributed by atoms with Gasteiger partial charge in [-0.15, -0.1) is 0 Å². The molecule has 0 spiro atoms. The molecule has 0 atom stereocenters. The zero-order valence-electron chi connectivity index (χ0n) is 11.9. The Morgan fingerprint density at radius 1 is 1.05 bits per heavy atom. The van der Waals surface area contributed by atoms with Crippen LogP contribution in [0.5, 0.6) is 0 Å². The number of ether oxygens (including phenoxy) is 1. The topological polar surface area (TPSA) is 9.23 Å². The summed E-state index contributed by atoms with van der Waals surface area (Å²) in [6.07, 6.45) is 3.83. The molecule has 0 aromatic heterocycles. The fraction of sp³-hybridized carbons (Fsp3) is 0.111. The summed E-state index contributed by atoms with van der Waals surface area (Å²) in [5.41, 5.74) is 0. The van der Waals surface area contributed by atoms with Crippen molar-refractivity contribution in [3.8, 4) is 0 Å². The van der Waals surface area contributed by atoms with Crippen LogP contribution in [0.4, 0.5) is 0 Å². The third-order valence-electron chi connectivity index (χ3n) is 2.53. The van der Waals surface area contributed by atoms with Gasteiger partial charge in [0.05, 0.1) is 0 Å². The monoisotopic (exact) mass is 362 g/mol. The van der Waals surface area contributed by atoms with Crippen molar-refractivity contribution in [1.82, 2.24) is 0 Å². The zero-order valence-corrected chi connectivity index (χ0v) is 14.5. The van der Waals surface area contributed by atoms with Gasteiger partial charge in [-0.2, -0.15) is 0 Å². The van der Waals surface area contributed by atoms with Gasteiger partial charge >= 0.3 is 137 Å². The first-order valence-electron chi connectivity index (χ1n) is 6.81. The molecule has 2 rings (SSSR count). The van der Waals surface area contributed by atoms with Crippen molar-refractivity contribution < 1.29 is 4.74 Å². The quantitative estimate of drug-likeness (QED) is 0.316. The number of allylic oxidation sites excluding steroid dienone is 1. The van der Waals surface area contributed by atoms with Gasteiger partial charge in [0.2, 0.25) is 0 Å². The van der Waals surface area contributed by atoms with E-state index in [-0.39, 0.29) is 0 Å². The minimum absolute atomic E-state index is 0.328. The number of rotatable bonds is 7. The summed E-state index contributed by atoms with van der Waals surface area (Å²) >= 11 is 2.10. The molecule has 0 radical (unpaired) electrons. The van der Waals surface area contributed by atoms with Crippen LogP contribution in [0.25, 0.3) is 0 Å². The van der Waals surface area contributed by atoms with Crippen LogP contribution < -0.4 is 4.46 Å². The van der Waals surface area contributed by atoms with Crippen LogP contribution in [0.2, 0.25) is 0 Å². The maximum absolute atomic E-state index is 5.33. The molecule has 108 valence electrons. The van der Waals surface area contributed by atoms with Gasteiger partial charge in [0.1, 0.15) is 0 Å².